The summed E-state index contributed by atoms with van der Waals surface area (Å²) in [5, 5.41) is 2.98. The molecule has 1 fully saturated rings. The lowest BCUT2D eigenvalue weighted by molar-refractivity contribution is -0.119. The summed E-state index contributed by atoms with van der Waals surface area (Å²) in [6.45, 7) is 7.85. The lowest BCUT2D eigenvalue weighted by Gasteiger charge is -2.23. The van der Waals surface area contributed by atoms with Gasteiger partial charge in [0.15, 0.2) is 0 Å². The third-order valence-electron chi connectivity index (χ3n) is 3.58. The van der Waals surface area contributed by atoms with Gasteiger partial charge < -0.3 is 16.0 Å². The number of pyridine rings is 1. The number of hydrogen-bond donors (Lipinski definition) is 2. The molecule has 0 bridgehead atoms. The molecule has 3 N–H and O–H groups in total. The summed E-state index contributed by atoms with van der Waals surface area (Å²) >= 11 is 0. The molecular formula is C14H22N4O. The monoisotopic (exact) mass is 262 g/mol. The third kappa shape index (κ3) is 3.04. The highest BCUT2D eigenvalue weighted by molar-refractivity contribution is 5.73. The number of aromatic nitrogens is 1. The standard InChI is InChI=1S/C14H22N4O/c1-9-6-14(13(7-15)10(2)16-9)18-5-4-12(8-18)17-11(3)19/h6,12H,4-5,7-8,15H2,1-3H3,(H,17,19). The van der Waals surface area contributed by atoms with Gasteiger partial charge in [0.2, 0.25) is 5.91 Å². The number of amides is 1. The van der Waals surface area contributed by atoms with Gasteiger partial charge in [-0.1, -0.05) is 0 Å². The highest BCUT2D eigenvalue weighted by Crippen LogP contribution is 2.27. The summed E-state index contributed by atoms with van der Waals surface area (Å²) in [5.74, 6) is 0.0352. The number of carbonyl (C=O) groups excluding carboxylic acids is 1. The van der Waals surface area contributed by atoms with Crippen LogP contribution in [0.1, 0.15) is 30.3 Å². The number of nitrogens with one attached hydrogen (secondary N) is 1. The average molecular weight is 262 g/mol. The molecule has 19 heavy (non-hydrogen) atoms. The fourth-order valence-corrected chi connectivity index (χ4v) is 2.75. The Kier molecular flexibility index (Phi) is 4.04. The van der Waals surface area contributed by atoms with E-state index in [-0.39, 0.29) is 11.9 Å². The van der Waals surface area contributed by atoms with Crippen LogP contribution in [0.4, 0.5) is 5.69 Å². The Bertz CT molecular complexity index is 487. The summed E-state index contributed by atoms with van der Waals surface area (Å²) in [4.78, 5) is 17.9. The molecule has 0 saturated carbocycles. The second-order valence-corrected chi connectivity index (χ2v) is 5.18. The first-order valence-electron chi connectivity index (χ1n) is 6.70. The Hall–Kier alpha value is -1.62. The molecule has 1 aromatic heterocycles. The quantitative estimate of drug-likeness (QED) is 0.848. The summed E-state index contributed by atoms with van der Waals surface area (Å²) in [6, 6.07) is 2.32. The summed E-state index contributed by atoms with van der Waals surface area (Å²) in [6.07, 6.45) is 0.976. The smallest absolute Gasteiger partial charge is 0.217 e. The fourth-order valence-electron chi connectivity index (χ4n) is 2.75. The average Bonchev–Trinajstić information content (AvgIpc) is 2.75. The van der Waals surface area contributed by atoms with Gasteiger partial charge in [0.25, 0.3) is 0 Å². The van der Waals surface area contributed by atoms with E-state index in [0.29, 0.717) is 6.54 Å². The van der Waals surface area contributed by atoms with Crippen LogP contribution in [-0.4, -0.2) is 30.0 Å². The van der Waals surface area contributed by atoms with Gasteiger partial charge in [0, 0.05) is 55.2 Å². The molecule has 1 aliphatic rings. The molecule has 1 unspecified atom stereocenters. The van der Waals surface area contributed by atoms with Gasteiger partial charge in [-0.2, -0.15) is 0 Å². The molecule has 5 heteroatoms. The molecule has 2 rings (SSSR count). The minimum absolute atomic E-state index is 0.0352. The highest BCUT2D eigenvalue weighted by Gasteiger charge is 2.25. The zero-order valence-corrected chi connectivity index (χ0v) is 11.9. The summed E-state index contributed by atoms with van der Waals surface area (Å²) in [5.41, 5.74) is 10.1. The van der Waals surface area contributed by atoms with Crippen molar-refractivity contribution in [2.45, 2.75) is 39.8 Å². The maximum atomic E-state index is 11.1. The number of nitrogens with zero attached hydrogens (tertiary/aromatic N) is 2. The molecule has 1 aromatic rings. The first-order valence-corrected chi connectivity index (χ1v) is 6.70. The zero-order chi connectivity index (χ0) is 14.0. The van der Waals surface area contributed by atoms with E-state index in [1.54, 1.807) is 6.92 Å². The highest BCUT2D eigenvalue weighted by atomic mass is 16.1. The molecule has 0 aromatic carbocycles. The molecule has 1 atom stereocenters. The molecule has 0 radical (unpaired) electrons. The number of hydrogen-bond acceptors (Lipinski definition) is 4. The van der Waals surface area contributed by atoms with Crippen molar-refractivity contribution in [1.29, 1.82) is 0 Å². The number of aryl methyl sites for hydroxylation is 2. The molecule has 5 nitrogen and oxygen atoms in total. The van der Waals surface area contributed by atoms with Crippen LogP contribution in [0.25, 0.3) is 0 Å². The van der Waals surface area contributed by atoms with E-state index in [0.717, 1.165) is 36.5 Å². The Morgan fingerprint density at radius 3 is 2.95 bits per heavy atom. The van der Waals surface area contributed by atoms with E-state index in [9.17, 15) is 4.79 Å². The lowest BCUT2D eigenvalue weighted by Crippen LogP contribution is -2.35. The van der Waals surface area contributed by atoms with Crippen molar-refractivity contribution in [1.82, 2.24) is 10.3 Å². The lowest BCUT2D eigenvalue weighted by atomic mass is 10.1. The van der Waals surface area contributed by atoms with Crippen molar-refractivity contribution in [3.8, 4) is 0 Å². The third-order valence-corrected chi connectivity index (χ3v) is 3.58. The van der Waals surface area contributed by atoms with Gasteiger partial charge in [-0.15, -0.1) is 0 Å². The topological polar surface area (TPSA) is 71.2 Å². The SMILES string of the molecule is CC(=O)NC1CCN(c2cc(C)nc(C)c2CN)C1. The minimum Gasteiger partial charge on any atom is -0.369 e. The first-order chi connectivity index (χ1) is 9.01. The zero-order valence-electron chi connectivity index (χ0n) is 11.9. The van der Waals surface area contributed by atoms with Gasteiger partial charge in [-0.05, 0) is 26.3 Å². The van der Waals surface area contributed by atoms with Crippen molar-refractivity contribution in [2.75, 3.05) is 18.0 Å². The van der Waals surface area contributed by atoms with E-state index in [4.69, 9.17) is 5.73 Å². The van der Waals surface area contributed by atoms with Crippen molar-refractivity contribution in [3.05, 3.63) is 23.0 Å². The van der Waals surface area contributed by atoms with Crippen LogP contribution < -0.4 is 16.0 Å². The van der Waals surface area contributed by atoms with Crippen molar-refractivity contribution in [3.63, 3.8) is 0 Å². The Morgan fingerprint density at radius 2 is 2.32 bits per heavy atom. The Morgan fingerprint density at radius 1 is 1.58 bits per heavy atom. The van der Waals surface area contributed by atoms with Crippen LogP contribution in [0, 0.1) is 13.8 Å². The number of carbonyl (C=O) groups is 1. The van der Waals surface area contributed by atoms with E-state index >= 15 is 0 Å². The molecule has 1 aliphatic heterocycles. The van der Waals surface area contributed by atoms with Crippen LogP contribution in [0.5, 0.6) is 0 Å². The maximum absolute atomic E-state index is 11.1. The Balaban J connectivity index is 2.21. The van der Waals surface area contributed by atoms with Gasteiger partial charge in [0.1, 0.15) is 0 Å². The van der Waals surface area contributed by atoms with E-state index in [2.05, 4.69) is 21.3 Å². The van der Waals surface area contributed by atoms with Crippen LogP contribution in [0.2, 0.25) is 0 Å². The van der Waals surface area contributed by atoms with Crippen molar-refractivity contribution in [2.24, 2.45) is 5.73 Å². The Labute approximate surface area is 114 Å². The van der Waals surface area contributed by atoms with Gasteiger partial charge in [0.05, 0.1) is 0 Å². The van der Waals surface area contributed by atoms with Crippen molar-refractivity contribution < 1.29 is 4.79 Å². The normalized spacial score (nSPS) is 18.7. The summed E-state index contributed by atoms with van der Waals surface area (Å²) in [7, 11) is 0. The number of rotatable bonds is 3. The molecule has 0 spiro atoms. The number of nitrogens with two attached hydrogens (primary N) is 1. The minimum atomic E-state index is 0.0352. The molecule has 1 saturated heterocycles. The van der Waals surface area contributed by atoms with E-state index < -0.39 is 0 Å². The van der Waals surface area contributed by atoms with Gasteiger partial charge in [-0.3, -0.25) is 9.78 Å². The second kappa shape index (κ2) is 5.57. The molecule has 0 aliphatic carbocycles. The maximum Gasteiger partial charge on any atom is 0.217 e. The molecule has 2 heterocycles. The largest absolute Gasteiger partial charge is 0.369 e. The summed E-state index contributed by atoms with van der Waals surface area (Å²) < 4.78 is 0. The van der Waals surface area contributed by atoms with Crippen LogP contribution in [-0.2, 0) is 11.3 Å². The molecule has 104 valence electrons. The van der Waals surface area contributed by atoms with Crippen LogP contribution >= 0.6 is 0 Å². The van der Waals surface area contributed by atoms with Crippen LogP contribution in [0.15, 0.2) is 6.07 Å². The first kappa shape index (κ1) is 13.8. The van der Waals surface area contributed by atoms with Crippen molar-refractivity contribution >= 4 is 11.6 Å². The van der Waals surface area contributed by atoms with Crippen LogP contribution in [0.3, 0.4) is 0 Å². The van der Waals surface area contributed by atoms with E-state index in [1.165, 1.54) is 5.69 Å². The molecular weight excluding hydrogens is 240 g/mol. The second-order valence-electron chi connectivity index (χ2n) is 5.18. The molecule has 1 amide bonds. The van der Waals surface area contributed by atoms with E-state index in [1.807, 2.05) is 13.8 Å². The van der Waals surface area contributed by atoms with Gasteiger partial charge in [-0.25, -0.2) is 0 Å². The van der Waals surface area contributed by atoms with Gasteiger partial charge >= 0.3 is 0 Å². The predicted molar refractivity (Wildman–Crippen MR) is 76.0 cm³/mol. The fraction of sp³-hybridized carbons (Fsp3) is 0.571. The predicted octanol–water partition coefficient (Wildman–Crippen LogP) is 0.872. The number of anilines is 1.